The predicted octanol–water partition coefficient (Wildman–Crippen LogP) is 0.945. The molecule has 8 heteroatoms. The minimum atomic E-state index is -0.418. The van der Waals surface area contributed by atoms with Gasteiger partial charge in [0, 0.05) is 31.9 Å². The normalized spacial score (nSPS) is 20.0. The fourth-order valence-corrected chi connectivity index (χ4v) is 3.89. The third-order valence-corrected chi connectivity index (χ3v) is 5.15. The highest BCUT2D eigenvalue weighted by Gasteiger charge is 2.37. The van der Waals surface area contributed by atoms with Crippen LogP contribution in [0.15, 0.2) is 40.0 Å². The summed E-state index contributed by atoms with van der Waals surface area (Å²) in [5, 5.41) is 9.83. The summed E-state index contributed by atoms with van der Waals surface area (Å²) in [6.45, 7) is 3.67. The molecule has 1 aliphatic rings. The number of thiophene rings is 1. The summed E-state index contributed by atoms with van der Waals surface area (Å²) in [5.74, 6) is -0.444. The maximum Gasteiger partial charge on any atom is 0.260 e. The van der Waals surface area contributed by atoms with Gasteiger partial charge in [0.05, 0.1) is 6.04 Å². The zero-order valence-electron chi connectivity index (χ0n) is 14.5. The van der Waals surface area contributed by atoms with Crippen molar-refractivity contribution in [3.8, 4) is 0 Å². The second kappa shape index (κ2) is 8.29. The van der Waals surface area contributed by atoms with E-state index in [4.69, 9.17) is 0 Å². The maximum atomic E-state index is 12.4. The quantitative estimate of drug-likeness (QED) is 0.702. The van der Waals surface area contributed by atoms with E-state index >= 15 is 0 Å². The topological polar surface area (TPSA) is 94.3 Å². The second-order valence-corrected chi connectivity index (χ2v) is 7.07. The van der Waals surface area contributed by atoms with E-state index in [9.17, 15) is 14.4 Å². The highest BCUT2D eigenvalue weighted by Crippen LogP contribution is 2.22. The fourth-order valence-electron chi connectivity index (χ4n) is 3.23. The van der Waals surface area contributed by atoms with Crippen molar-refractivity contribution in [2.45, 2.75) is 32.0 Å². The van der Waals surface area contributed by atoms with Gasteiger partial charge in [-0.05, 0) is 47.9 Å². The van der Waals surface area contributed by atoms with Crippen molar-refractivity contribution >= 4 is 23.2 Å². The Balaban J connectivity index is 1.70. The van der Waals surface area contributed by atoms with Gasteiger partial charge in [-0.1, -0.05) is 0 Å². The number of pyridine rings is 1. The first kappa shape index (κ1) is 18.3. The molecule has 2 amide bonds. The summed E-state index contributed by atoms with van der Waals surface area (Å²) in [7, 11) is 0. The lowest BCUT2D eigenvalue weighted by Crippen LogP contribution is -2.42. The zero-order valence-corrected chi connectivity index (χ0v) is 15.3. The number of aromatic amines is 1. The van der Waals surface area contributed by atoms with Crippen molar-refractivity contribution in [3.63, 3.8) is 0 Å². The van der Waals surface area contributed by atoms with E-state index in [-0.39, 0.29) is 23.6 Å². The van der Waals surface area contributed by atoms with Crippen LogP contribution in [-0.2, 0) is 11.3 Å². The van der Waals surface area contributed by atoms with Crippen LogP contribution < -0.4 is 16.2 Å². The Morgan fingerprint density at radius 2 is 2.23 bits per heavy atom. The summed E-state index contributed by atoms with van der Waals surface area (Å²) >= 11 is 1.62. The van der Waals surface area contributed by atoms with Gasteiger partial charge in [0.2, 0.25) is 5.91 Å². The van der Waals surface area contributed by atoms with Crippen molar-refractivity contribution in [3.05, 3.63) is 56.6 Å². The average Bonchev–Trinajstić information content (AvgIpc) is 3.26. The molecule has 0 aliphatic carbocycles. The molecule has 7 nitrogen and oxygen atoms in total. The molecular weight excluding hydrogens is 352 g/mol. The van der Waals surface area contributed by atoms with Crippen LogP contribution in [0, 0.1) is 0 Å². The number of nitrogens with zero attached hydrogens (tertiary/aromatic N) is 1. The van der Waals surface area contributed by atoms with Gasteiger partial charge in [-0.3, -0.25) is 19.3 Å². The van der Waals surface area contributed by atoms with E-state index in [2.05, 4.69) is 25.9 Å². The van der Waals surface area contributed by atoms with Gasteiger partial charge < -0.3 is 15.6 Å². The number of aromatic nitrogens is 1. The van der Waals surface area contributed by atoms with Crippen molar-refractivity contribution < 1.29 is 9.59 Å². The van der Waals surface area contributed by atoms with Crippen molar-refractivity contribution in [1.29, 1.82) is 0 Å². The molecular formula is C18H22N4O3S. The van der Waals surface area contributed by atoms with Crippen molar-refractivity contribution in [2.75, 3.05) is 13.1 Å². The van der Waals surface area contributed by atoms with Gasteiger partial charge in [-0.2, -0.15) is 11.3 Å². The lowest BCUT2D eigenvalue weighted by atomic mass is 10.1. The molecule has 138 valence electrons. The SMILES string of the molecule is CCNC(=O)[C@@H]1C[C@@H](NC(=O)c2ccc[nH]c2=O)CN1Cc1ccsc1. The van der Waals surface area contributed by atoms with Gasteiger partial charge in [-0.25, -0.2) is 0 Å². The number of rotatable bonds is 6. The first-order valence-corrected chi connectivity index (χ1v) is 9.54. The molecule has 0 saturated carbocycles. The van der Waals surface area contributed by atoms with E-state index < -0.39 is 11.5 Å². The molecule has 0 spiro atoms. The Labute approximate surface area is 155 Å². The second-order valence-electron chi connectivity index (χ2n) is 6.29. The number of likely N-dealkylation sites (N-methyl/N-ethyl adjacent to an activating group) is 1. The number of hydrogen-bond acceptors (Lipinski definition) is 5. The standard InChI is InChI=1S/C18H22N4O3S/c1-2-19-18(25)15-8-13(10-22(15)9-12-5-7-26-11-12)21-17(24)14-4-3-6-20-16(14)23/h3-7,11,13,15H,2,8-10H2,1H3,(H,19,25)(H,20,23)(H,21,24)/t13-,15+/m1/s1. The van der Waals surface area contributed by atoms with Gasteiger partial charge in [0.25, 0.3) is 11.5 Å². The molecule has 2 aromatic rings. The summed E-state index contributed by atoms with van der Waals surface area (Å²) in [6, 6.07) is 4.66. The Morgan fingerprint density at radius 1 is 1.38 bits per heavy atom. The Morgan fingerprint density at radius 3 is 2.92 bits per heavy atom. The Hall–Kier alpha value is -2.45. The molecule has 26 heavy (non-hydrogen) atoms. The molecule has 0 bridgehead atoms. The minimum Gasteiger partial charge on any atom is -0.355 e. The minimum absolute atomic E-state index is 0.0305. The summed E-state index contributed by atoms with van der Waals surface area (Å²) in [6.07, 6.45) is 2.01. The fraction of sp³-hybridized carbons (Fsp3) is 0.389. The van der Waals surface area contributed by atoms with E-state index in [1.54, 1.807) is 17.4 Å². The molecule has 1 saturated heterocycles. The lowest BCUT2D eigenvalue weighted by molar-refractivity contribution is -0.125. The van der Waals surface area contributed by atoms with Crippen molar-refractivity contribution in [1.82, 2.24) is 20.5 Å². The average molecular weight is 374 g/mol. The zero-order chi connectivity index (χ0) is 18.5. The molecule has 0 unspecified atom stereocenters. The monoisotopic (exact) mass is 374 g/mol. The molecule has 3 rings (SSSR count). The van der Waals surface area contributed by atoms with Gasteiger partial charge in [-0.15, -0.1) is 0 Å². The third-order valence-electron chi connectivity index (χ3n) is 4.42. The predicted molar refractivity (Wildman–Crippen MR) is 100 cm³/mol. The number of carbonyl (C=O) groups excluding carboxylic acids is 2. The van der Waals surface area contributed by atoms with Gasteiger partial charge in [0.15, 0.2) is 0 Å². The van der Waals surface area contributed by atoms with Crippen LogP contribution in [-0.4, -0.2) is 46.9 Å². The van der Waals surface area contributed by atoms with Gasteiger partial charge in [0.1, 0.15) is 5.56 Å². The largest absolute Gasteiger partial charge is 0.355 e. The molecule has 0 radical (unpaired) electrons. The molecule has 2 aromatic heterocycles. The van der Waals surface area contributed by atoms with Crippen LogP contribution >= 0.6 is 11.3 Å². The molecule has 3 heterocycles. The number of amides is 2. The summed E-state index contributed by atoms with van der Waals surface area (Å²) in [4.78, 5) is 41.2. The first-order chi connectivity index (χ1) is 12.6. The number of likely N-dealkylation sites (tertiary alicyclic amines) is 1. The number of hydrogen-bond donors (Lipinski definition) is 3. The smallest absolute Gasteiger partial charge is 0.260 e. The van der Waals surface area contributed by atoms with E-state index in [0.717, 1.165) is 5.56 Å². The molecule has 0 aromatic carbocycles. The van der Waals surface area contributed by atoms with Crippen LogP contribution in [0.2, 0.25) is 0 Å². The summed E-state index contributed by atoms with van der Waals surface area (Å²) < 4.78 is 0. The van der Waals surface area contributed by atoms with Crippen LogP contribution in [0.5, 0.6) is 0 Å². The third kappa shape index (κ3) is 4.20. The number of carbonyl (C=O) groups is 2. The van der Waals surface area contributed by atoms with Crippen molar-refractivity contribution in [2.24, 2.45) is 0 Å². The lowest BCUT2D eigenvalue weighted by Gasteiger charge is -2.22. The van der Waals surface area contributed by atoms with E-state index in [0.29, 0.717) is 26.1 Å². The molecule has 2 atom stereocenters. The number of nitrogens with one attached hydrogen (secondary N) is 3. The highest BCUT2D eigenvalue weighted by molar-refractivity contribution is 7.07. The molecule has 1 fully saturated rings. The molecule has 3 N–H and O–H groups in total. The Kier molecular flexibility index (Phi) is 5.85. The van der Waals surface area contributed by atoms with Gasteiger partial charge >= 0.3 is 0 Å². The van der Waals surface area contributed by atoms with Crippen LogP contribution in [0.25, 0.3) is 0 Å². The number of H-pyrrole nitrogens is 1. The van der Waals surface area contributed by atoms with E-state index in [1.165, 1.54) is 12.3 Å². The van der Waals surface area contributed by atoms with Crippen LogP contribution in [0.3, 0.4) is 0 Å². The molecule has 1 aliphatic heterocycles. The van der Waals surface area contributed by atoms with Crippen LogP contribution in [0.1, 0.15) is 29.3 Å². The van der Waals surface area contributed by atoms with Crippen LogP contribution in [0.4, 0.5) is 0 Å². The highest BCUT2D eigenvalue weighted by atomic mass is 32.1. The maximum absolute atomic E-state index is 12.4. The van der Waals surface area contributed by atoms with E-state index in [1.807, 2.05) is 18.4 Å². The summed E-state index contributed by atoms with van der Waals surface area (Å²) in [5.41, 5.74) is 0.813. The first-order valence-electron chi connectivity index (χ1n) is 8.60. The Bertz CT molecular complexity index is 818.